The molecule has 3 aromatic rings. The van der Waals surface area contributed by atoms with Crippen LogP contribution >= 0.6 is 27.5 Å². The number of hydrogen-bond donors (Lipinski definition) is 1. The van der Waals surface area contributed by atoms with E-state index in [4.69, 9.17) is 0 Å². The predicted molar refractivity (Wildman–Crippen MR) is 87.4 cm³/mol. The van der Waals surface area contributed by atoms with Crippen molar-refractivity contribution in [3.05, 3.63) is 64.6 Å². The van der Waals surface area contributed by atoms with Crippen LogP contribution in [-0.2, 0) is 0 Å². The average molecular weight is 360 g/mol. The molecule has 0 bridgehead atoms. The summed E-state index contributed by atoms with van der Waals surface area (Å²) < 4.78 is 5.19. The van der Waals surface area contributed by atoms with E-state index in [1.54, 1.807) is 12.1 Å². The molecule has 21 heavy (non-hydrogen) atoms. The van der Waals surface area contributed by atoms with Crippen LogP contribution in [0.3, 0.4) is 0 Å². The normalized spacial score (nSPS) is 10.3. The van der Waals surface area contributed by atoms with Gasteiger partial charge in [0, 0.05) is 27.1 Å². The Bertz CT molecular complexity index is 756. The molecular formula is C15H10BrN3OS. The second-order valence-electron chi connectivity index (χ2n) is 4.25. The van der Waals surface area contributed by atoms with Crippen LogP contribution in [0.5, 0.6) is 0 Å². The SMILES string of the molecule is O=C(Nc1nc(-c2ccccc2)ns1)c1ccc(Br)cc1. The highest BCUT2D eigenvalue weighted by atomic mass is 79.9. The van der Waals surface area contributed by atoms with Gasteiger partial charge in [-0.3, -0.25) is 10.1 Å². The van der Waals surface area contributed by atoms with Gasteiger partial charge in [-0.2, -0.15) is 9.36 Å². The number of carbonyl (C=O) groups excluding carboxylic acids is 1. The highest BCUT2D eigenvalue weighted by molar-refractivity contribution is 9.10. The van der Waals surface area contributed by atoms with E-state index < -0.39 is 0 Å². The highest BCUT2D eigenvalue weighted by Crippen LogP contribution is 2.21. The fraction of sp³-hybridized carbons (Fsp3) is 0. The van der Waals surface area contributed by atoms with E-state index in [0.717, 1.165) is 10.0 Å². The lowest BCUT2D eigenvalue weighted by Gasteiger charge is -2.01. The Labute approximate surface area is 134 Å². The maximum atomic E-state index is 12.1. The lowest BCUT2D eigenvalue weighted by molar-refractivity contribution is 0.102. The minimum absolute atomic E-state index is 0.196. The number of carbonyl (C=O) groups is 1. The summed E-state index contributed by atoms with van der Waals surface area (Å²) in [6.07, 6.45) is 0. The van der Waals surface area contributed by atoms with Crippen molar-refractivity contribution in [2.24, 2.45) is 0 Å². The third-order valence-corrected chi connectivity index (χ3v) is 3.94. The molecule has 0 radical (unpaired) electrons. The van der Waals surface area contributed by atoms with Gasteiger partial charge in [0.2, 0.25) is 5.13 Å². The smallest absolute Gasteiger partial charge is 0.257 e. The average Bonchev–Trinajstić information content (AvgIpc) is 2.97. The van der Waals surface area contributed by atoms with E-state index in [0.29, 0.717) is 16.5 Å². The molecule has 0 spiro atoms. The zero-order chi connectivity index (χ0) is 14.7. The Kier molecular flexibility index (Phi) is 4.08. The number of rotatable bonds is 3. The second-order valence-corrected chi connectivity index (χ2v) is 5.92. The molecule has 0 fully saturated rings. The molecule has 0 aliphatic carbocycles. The van der Waals surface area contributed by atoms with Crippen LogP contribution < -0.4 is 5.32 Å². The molecule has 0 saturated carbocycles. The van der Waals surface area contributed by atoms with Crippen LogP contribution in [-0.4, -0.2) is 15.3 Å². The third kappa shape index (κ3) is 3.34. The Morgan fingerprint density at radius 1 is 1.05 bits per heavy atom. The highest BCUT2D eigenvalue weighted by Gasteiger charge is 2.10. The molecule has 2 aromatic carbocycles. The van der Waals surface area contributed by atoms with Crippen LogP contribution in [0.25, 0.3) is 11.4 Å². The van der Waals surface area contributed by atoms with Gasteiger partial charge < -0.3 is 0 Å². The van der Waals surface area contributed by atoms with Crippen molar-refractivity contribution in [1.29, 1.82) is 0 Å². The molecule has 0 aliphatic rings. The van der Waals surface area contributed by atoms with Crippen molar-refractivity contribution < 1.29 is 4.79 Å². The Hall–Kier alpha value is -2.05. The number of amides is 1. The van der Waals surface area contributed by atoms with Gasteiger partial charge in [0.25, 0.3) is 5.91 Å². The van der Waals surface area contributed by atoms with Crippen molar-refractivity contribution >= 4 is 38.5 Å². The Morgan fingerprint density at radius 2 is 1.76 bits per heavy atom. The van der Waals surface area contributed by atoms with Gasteiger partial charge in [0.1, 0.15) is 0 Å². The molecule has 0 atom stereocenters. The zero-order valence-electron chi connectivity index (χ0n) is 10.8. The maximum absolute atomic E-state index is 12.1. The van der Waals surface area contributed by atoms with E-state index in [1.807, 2.05) is 42.5 Å². The summed E-state index contributed by atoms with van der Waals surface area (Å²) >= 11 is 4.51. The number of halogens is 1. The van der Waals surface area contributed by atoms with Crippen molar-refractivity contribution in [3.8, 4) is 11.4 Å². The summed E-state index contributed by atoms with van der Waals surface area (Å²) in [5, 5.41) is 3.25. The predicted octanol–water partition coefficient (Wildman–Crippen LogP) is 4.22. The quantitative estimate of drug-likeness (QED) is 0.761. The van der Waals surface area contributed by atoms with Crippen LogP contribution in [0.2, 0.25) is 0 Å². The fourth-order valence-corrected chi connectivity index (χ4v) is 2.60. The van der Waals surface area contributed by atoms with Gasteiger partial charge in [-0.05, 0) is 24.3 Å². The molecule has 0 unspecified atom stereocenters. The summed E-state index contributed by atoms with van der Waals surface area (Å²) in [5.41, 5.74) is 1.51. The van der Waals surface area contributed by atoms with Gasteiger partial charge >= 0.3 is 0 Å². The van der Waals surface area contributed by atoms with Crippen LogP contribution in [0.1, 0.15) is 10.4 Å². The number of benzene rings is 2. The molecule has 104 valence electrons. The van der Waals surface area contributed by atoms with Crippen LogP contribution in [0.15, 0.2) is 59.1 Å². The van der Waals surface area contributed by atoms with Crippen molar-refractivity contribution in [2.75, 3.05) is 5.32 Å². The molecule has 1 heterocycles. The summed E-state index contributed by atoms with van der Waals surface area (Å²) in [6.45, 7) is 0. The van der Waals surface area contributed by atoms with Gasteiger partial charge in [0.15, 0.2) is 5.82 Å². The largest absolute Gasteiger partial charge is 0.297 e. The van der Waals surface area contributed by atoms with Crippen molar-refractivity contribution in [3.63, 3.8) is 0 Å². The van der Waals surface area contributed by atoms with E-state index in [1.165, 1.54) is 11.5 Å². The summed E-state index contributed by atoms with van der Waals surface area (Å²) in [6, 6.07) is 16.8. The zero-order valence-corrected chi connectivity index (χ0v) is 13.2. The van der Waals surface area contributed by atoms with Gasteiger partial charge in [0.05, 0.1) is 0 Å². The molecule has 0 aliphatic heterocycles. The first-order chi connectivity index (χ1) is 10.2. The van der Waals surface area contributed by atoms with Crippen molar-refractivity contribution in [2.45, 2.75) is 0 Å². The monoisotopic (exact) mass is 359 g/mol. The number of nitrogens with zero attached hydrogens (tertiary/aromatic N) is 2. The Morgan fingerprint density at radius 3 is 2.48 bits per heavy atom. The van der Waals surface area contributed by atoms with Gasteiger partial charge in [-0.1, -0.05) is 46.3 Å². The summed E-state index contributed by atoms with van der Waals surface area (Å²) in [5.74, 6) is 0.421. The summed E-state index contributed by atoms with van der Waals surface area (Å²) in [7, 11) is 0. The van der Waals surface area contributed by atoms with E-state index in [-0.39, 0.29) is 5.91 Å². The minimum atomic E-state index is -0.196. The lowest BCUT2D eigenvalue weighted by Crippen LogP contribution is -2.11. The van der Waals surface area contributed by atoms with E-state index in [9.17, 15) is 4.79 Å². The number of anilines is 1. The molecule has 4 nitrogen and oxygen atoms in total. The Balaban J connectivity index is 1.75. The number of hydrogen-bond acceptors (Lipinski definition) is 4. The fourth-order valence-electron chi connectivity index (χ4n) is 1.75. The lowest BCUT2D eigenvalue weighted by atomic mass is 10.2. The molecular weight excluding hydrogens is 350 g/mol. The van der Waals surface area contributed by atoms with Crippen LogP contribution in [0, 0.1) is 0 Å². The standard InChI is InChI=1S/C15H10BrN3OS/c16-12-8-6-11(7-9-12)14(20)18-15-17-13(19-21-15)10-4-2-1-3-5-10/h1-9H,(H,17,18,19,20). The van der Waals surface area contributed by atoms with Gasteiger partial charge in [-0.15, -0.1) is 0 Å². The molecule has 3 rings (SSSR count). The first-order valence-corrected chi connectivity index (χ1v) is 7.75. The maximum Gasteiger partial charge on any atom is 0.257 e. The number of aromatic nitrogens is 2. The first-order valence-electron chi connectivity index (χ1n) is 6.18. The molecule has 6 heteroatoms. The molecule has 1 amide bonds. The first kappa shape index (κ1) is 13.9. The third-order valence-electron chi connectivity index (χ3n) is 2.78. The molecule has 0 saturated heterocycles. The number of nitrogens with one attached hydrogen (secondary N) is 1. The molecule has 1 N–H and O–H groups in total. The van der Waals surface area contributed by atoms with E-state index in [2.05, 4.69) is 30.6 Å². The minimum Gasteiger partial charge on any atom is -0.297 e. The van der Waals surface area contributed by atoms with E-state index >= 15 is 0 Å². The van der Waals surface area contributed by atoms with Crippen LogP contribution in [0.4, 0.5) is 5.13 Å². The topological polar surface area (TPSA) is 54.9 Å². The summed E-state index contributed by atoms with van der Waals surface area (Å²) in [4.78, 5) is 16.4. The molecule has 1 aromatic heterocycles. The van der Waals surface area contributed by atoms with Gasteiger partial charge in [-0.25, -0.2) is 0 Å². The second kappa shape index (κ2) is 6.15. The van der Waals surface area contributed by atoms with Crippen molar-refractivity contribution in [1.82, 2.24) is 9.36 Å².